The van der Waals surface area contributed by atoms with Crippen molar-refractivity contribution in [3.63, 3.8) is 0 Å². The molecule has 0 spiro atoms. The SMILES string of the molecule is CCCCCCCCC=CCCCCCCCC(=O)/C(=C/CCCCCCCCCCCCCCC)CCO. The number of aliphatic hydroxyl groups excluding tert-OH is 1. The highest BCUT2D eigenvalue weighted by molar-refractivity contribution is 5.95. The first-order valence-electron chi connectivity index (χ1n) is 17.7. The molecule has 230 valence electrons. The second-order valence-corrected chi connectivity index (χ2v) is 12.0. The van der Waals surface area contributed by atoms with Gasteiger partial charge in [0.05, 0.1) is 0 Å². The Balaban J connectivity index is 3.65. The molecule has 0 saturated carbocycles. The van der Waals surface area contributed by atoms with Gasteiger partial charge in [-0.3, -0.25) is 4.79 Å². The first-order valence-corrected chi connectivity index (χ1v) is 17.7. The molecule has 2 heteroatoms. The van der Waals surface area contributed by atoms with Crippen molar-refractivity contribution >= 4 is 5.78 Å². The first-order chi connectivity index (χ1) is 19.3. The van der Waals surface area contributed by atoms with E-state index < -0.39 is 0 Å². The Morgan fingerprint density at radius 3 is 1.23 bits per heavy atom. The van der Waals surface area contributed by atoms with Crippen LogP contribution in [-0.4, -0.2) is 17.5 Å². The number of ketones is 1. The summed E-state index contributed by atoms with van der Waals surface area (Å²) in [5.41, 5.74) is 0.881. The minimum absolute atomic E-state index is 0.0859. The zero-order valence-electron chi connectivity index (χ0n) is 26.8. The lowest BCUT2D eigenvalue weighted by Crippen LogP contribution is -2.05. The van der Waals surface area contributed by atoms with E-state index in [1.807, 2.05) is 0 Å². The Labute approximate surface area is 245 Å². The number of rotatable bonds is 32. The van der Waals surface area contributed by atoms with Gasteiger partial charge in [0.1, 0.15) is 0 Å². The van der Waals surface area contributed by atoms with E-state index in [9.17, 15) is 9.90 Å². The van der Waals surface area contributed by atoms with Gasteiger partial charge < -0.3 is 5.11 Å². The van der Waals surface area contributed by atoms with Crippen LogP contribution in [0.3, 0.4) is 0 Å². The highest BCUT2D eigenvalue weighted by atomic mass is 16.3. The van der Waals surface area contributed by atoms with Crippen LogP contribution in [0.2, 0.25) is 0 Å². The fraction of sp³-hybridized carbons (Fsp3) is 0.865. The van der Waals surface area contributed by atoms with Gasteiger partial charge in [-0.2, -0.15) is 0 Å². The number of allylic oxidation sites excluding steroid dienone is 3. The molecule has 0 aliphatic carbocycles. The van der Waals surface area contributed by atoms with Crippen molar-refractivity contribution in [1.29, 1.82) is 0 Å². The van der Waals surface area contributed by atoms with Crippen molar-refractivity contribution < 1.29 is 9.90 Å². The van der Waals surface area contributed by atoms with Crippen LogP contribution in [0, 0.1) is 0 Å². The van der Waals surface area contributed by atoms with E-state index >= 15 is 0 Å². The van der Waals surface area contributed by atoms with Gasteiger partial charge >= 0.3 is 0 Å². The Kier molecular flexibility index (Phi) is 32.6. The highest BCUT2D eigenvalue weighted by Gasteiger charge is 2.08. The molecule has 0 heterocycles. The number of hydrogen-bond donors (Lipinski definition) is 1. The average molecular weight is 547 g/mol. The summed E-state index contributed by atoms with van der Waals surface area (Å²) in [5, 5.41) is 9.41. The van der Waals surface area contributed by atoms with E-state index in [1.165, 1.54) is 154 Å². The molecule has 0 aromatic carbocycles. The van der Waals surface area contributed by atoms with Crippen LogP contribution < -0.4 is 0 Å². The lowest BCUT2D eigenvalue weighted by Gasteiger charge is -2.06. The van der Waals surface area contributed by atoms with Gasteiger partial charge in [-0.05, 0) is 56.9 Å². The quantitative estimate of drug-likeness (QED) is 0.0517. The maximum absolute atomic E-state index is 12.6. The average Bonchev–Trinajstić information content (AvgIpc) is 2.94. The van der Waals surface area contributed by atoms with E-state index in [1.54, 1.807) is 0 Å². The summed E-state index contributed by atoms with van der Waals surface area (Å²) < 4.78 is 0. The molecule has 0 aliphatic rings. The molecule has 2 nitrogen and oxygen atoms in total. The van der Waals surface area contributed by atoms with Gasteiger partial charge in [-0.15, -0.1) is 0 Å². The van der Waals surface area contributed by atoms with Crippen molar-refractivity contribution in [2.45, 2.75) is 200 Å². The molecule has 0 aromatic heterocycles. The second-order valence-electron chi connectivity index (χ2n) is 12.0. The molecule has 0 aliphatic heterocycles. The molecule has 0 fully saturated rings. The maximum Gasteiger partial charge on any atom is 0.158 e. The van der Waals surface area contributed by atoms with Crippen molar-refractivity contribution in [2.24, 2.45) is 0 Å². The predicted molar refractivity (Wildman–Crippen MR) is 175 cm³/mol. The van der Waals surface area contributed by atoms with E-state index in [2.05, 4.69) is 32.1 Å². The molecular formula is C37H70O2. The van der Waals surface area contributed by atoms with Crippen LogP contribution in [0.25, 0.3) is 0 Å². The molecule has 0 atom stereocenters. The number of unbranched alkanes of at least 4 members (excludes halogenated alkanes) is 24. The number of carbonyl (C=O) groups is 1. The van der Waals surface area contributed by atoms with E-state index in [0.717, 1.165) is 24.8 Å². The molecule has 0 aromatic rings. The summed E-state index contributed by atoms with van der Waals surface area (Å²) in [6.45, 7) is 4.64. The highest BCUT2D eigenvalue weighted by Crippen LogP contribution is 2.16. The van der Waals surface area contributed by atoms with E-state index in [0.29, 0.717) is 12.8 Å². The van der Waals surface area contributed by atoms with E-state index in [4.69, 9.17) is 0 Å². The standard InChI is InChI=1S/C37H70O2/c1-3-5-7-9-11-13-15-17-19-21-23-25-27-29-31-33-37(39)36(34-35-38)32-30-28-26-24-22-20-18-16-14-12-10-8-6-4-2/h17,19,32,38H,3-16,18,20-31,33-35H2,1-2H3/b19-17?,36-32+. The molecule has 0 bridgehead atoms. The lowest BCUT2D eigenvalue weighted by atomic mass is 9.99. The summed E-state index contributed by atoms with van der Waals surface area (Å²) in [4.78, 5) is 12.6. The Morgan fingerprint density at radius 1 is 0.462 bits per heavy atom. The van der Waals surface area contributed by atoms with Crippen LogP contribution in [0.4, 0.5) is 0 Å². The Morgan fingerprint density at radius 2 is 0.821 bits per heavy atom. The summed E-state index contributed by atoms with van der Waals surface area (Å²) in [5.74, 6) is 0.274. The van der Waals surface area contributed by atoms with E-state index in [-0.39, 0.29) is 12.4 Å². The predicted octanol–water partition coefficient (Wildman–Crippen LogP) is 12.4. The normalized spacial score (nSPS) is 12.1. The zero-order chi connectivity index (χ0) is 28.5. The van der Waals surface area contributed by atoms with Gasteiger partial charge in [-0.25, -0.2) is 0 Å². The van der Waals surface area contributed by atoms with Gasteiger partial charge in [0.2, 0.25) is 0 Å². The van der Waals surface area contributed by atoms with Crippen molar-refractivity contribution in [1.82, 2.24) is 0 Å². The molecule has 0 amide bonds. The zero-order valence-corrected chi connectivity index (χ0v) is 26.8. The summed E-state index contributed by atoms with van der Waals surface area (Å²) in [6.07, 6.45) is 43.5. The van der Waals surface area contributed by atoms with Gasteiger partial charge in [0.15, 0.2) is 5.78 Å². The number of carbonyl (C=O) groups excluding carboxylic acids is 1. The molecule has 0 unspecified atom stereocenters. The number of aliphatic hydroxyl groups is 1. The Bertz CT molecular complexity index is 548. The molecule has 0 rings (SSSR count). The number of hydrogen-bond acceptors (Lipinski definition) is 2. The number of Topliss-reactive ketones (excluding diaryl/α,β-unsaturated/α-hetero) is 1. The fourth-order valence-electron chi connectivity index (χ4n) is 5.43. The monoisotopic (exact) mass is 547 g/mol. The topological polar surface area (TPSA) is 37.3 Å². The van der Waals surface area contributed by atoms with Crippen LogP contribution in [0.15, 0.2) is 23.8 Å². The van der Waals surface area contributed by atoms with Crippen molar-refractivity contribution in [3.05, 3.63) is 23.8 Å². The lowest BCUT2D eigenvalue weighted by molar-refractivity contribution is -0.115. The Hall–Kier alpha value is -0.890. The summed E-state index contributed by atoms with van der Waals surface area (Å²) >= 11 is 0. The second kappa shape index (κ2) is 33.3. The fourth-order valence-corrected chi connectivity index (χ4v) is 5.43. The van der Waals surface area contributed by atoms with Gasteiger partial charge in [0, 0.05) is 13.0 Å². The summed E-state index contributed by atoms with van der Waals surface area (Å²) in [6, 6.07) is 0. The largest absolute Gasteiger partial charge is 0.396 e. The minimum Gasteiger partial charge on any atom is -0.396 e. The van der Waals surface area contributed by atoms with Gasteiger partial charge in [-0.1, -0.05) is 160 Å². The van der Waals surface area contributed by atoms with Crippen molar-refractivity contribution in [2.75, 3.05) is 6.61 Å². The van der Waals surface area contributed by atoms with Crippen LogP contribution in [-0.2, 0) is 4.79 Å². The van der Waals surface area contributed by atoms with Crippen LogP contribution >= 0.6 is 0 Å². The maximum atomic E-state index is 12.6. The molecule has 0 radical (unpaired) electrons. The third kappa shape index (κ3) is 29.9. The smallest absolute Gasteiger partial charge is 0.158 e. The third-order valence-corrected chi connectivity index (χ3v) is 8.10. The first kappa shape index (κ1) is 38.1. The summed E-state index contributed by atoms with van der Waals surface area (Å²) in [7, 11) is 0. The molecular weight excluding hydrogens is 476 g/mol. The molecule has 39 heavy (non-hydrogen) atoms. The van der Waals surface area contributed by atoms with Crippen LogP contribution in [0.1, 0.15) is 200 Å². The van der Waals surface area contributed by atoms with Gasteiger partial charge in [0.25, 0.3) is 0 Å². The van der Waals surface area contributed by atoms with Crippen LogP contribution in [0.5, 0.6) is 0 Å². The van der Waals surface area contributed by atoms with Crippen molar-refractivity contribution in [3.8, 4) is 0 Å². The minimum atomic E-state index is 0.0859. The third-order valence-electron chi connectivity index (χ3n) is 8.10. The molecule has 0 saturated heterocycles. The molecule has 1 N–H and O–H groups in total.